The zero-order chi connectivity index (χ0) is 17.4. The van der Waals surface area contributed by atoms with E-state index in [1.807, 2.05) is 12.1 Å². The van der Waals surface area contributed by atoms with Crippen molar-refractivity contribution in [3.63, 3.8) is 0 Å². The highest BCUT2D eigenvalue weighted by molar-refractivity contribution is 6.47. The summed E-state index contributed by atoms with van der Waals surface area (Å²) < 4.78 is 18.6. The van der Waals surface area contributed by atoms with Gasteiger partial charge in [0.15, 0.2) is 0 Å². The van der Waals surface area contributed by atoms with E-state index in [4.69, 9.17) is 19.8 Å². The Balaban J connectivity index is 1.30. The fourth-order valence-corrected chi connectivity index (χ4v) is 5.95. The normalized spacial score (nSPS) is 41.5. The fraction of sp³-hybridized carbons (Fsp3) is 0.700. The maximum Gasteiger partial charge on any atom is 0.475 e. The van der Waals surface area contributed by atoms with Crippen LogP contribution in [0, 0.1) is 17.3 Å². The van der Waals surface area contributed by atoms with Gasteiger partial charge >= 0.3 is 7.12 Å². The first-order valence-electron chi connectivity index (χ1n) is 9.70. The van der Waals surface area contributed by atoms with Gasteiger partial charge in [-0.15, -0.1) is 0 Å². The van der Waals surface area contributed by atoms with Gasteiger partial charge in [0.2, 0.25) is 0 Å². The molecule has 2 unspecified atom stereocenters. The molecule has 2 aliphatic heterocycles. The molecule has 0 spiro atoms. The van der Waals surface area contributed by atoms with E-state index in [9.17, 15) is 0 Å². The predicted octanol–water partition coefficient (Wildman–Crippen LogP) is 3.15. The molecule has 5 aliphatic rings. The van der Waals surface area contributed by atoms with Gasteiger partial charge in [0.05, 0.1) is 18.3 Å². The molecule has 0 amide bonds. The van der Waals surface area contributed by atoms with Gasteiger partial charge in [0, 0.05) is 17.4 Å². The smallest absolute Gasteiger partial charge is 0.475 e. The molecule has 1 aromatic rings. The molecule has 4 fully saturated rings. The fourth-order valence-electron chi connectivity index (χ4n) is 5.95. The maximum atomic E-state index is 6.55. The second-order valence-electron chi connectivity index (χ2n) is 9.28. The SMILES string of the molecule is CC1(C)[C@@H]2C[C@H]3OB(C(N)CC4COc5ccccc54)O[C@@]3(C)[C@H]1C2. The highest BCUT2D eigenvalue weighted by Crippen LogP contribution is 2.65. The van der Waals surface area contributed by atoms with E-state index in [2.05, 4.69) is 32.9 Å². The monoisotopic (exact) mass is 341 g/mol. The molecular weight excluding hydrogens is 313 g/mol. The number of nitrogens with two attached hydrogens (primary N) is 1. The van der Waals surface area contributed by atoms with Crippen molar-refractivity contribution in [2.24, 2.45) is 23.0 Å². The van der Waals surface area contributed by atoms with Crippen molar-refractivity contribution < 1.29 is 14.0 Å². The highest BCUT2D eigenvalue weighted by atomic mass is 16.7. The van der Waals surface area contributed by atoms with E-state index in [0.29, 0.717) is 23.9 Å². The minimum atomic E-state index is -0.294. The number of hydrogen-bond donors (Lipinski definition) is 1. The van der Waals surface area contributed by atoms with Gasteiger partial charge in [-0.05, 0) is 49.5 Å². The predicted molar refractivity (Wildman–Crippen MR) is 97.4 cm³/mol. The molecule has 6 rings (SSSR count). The third-order valence-corrected chi connectivity index (χ3v) is 7.67. The van der Waals surface area contributed by atoms with Crippen LogP contribution in [0.3, 0.4) is 0 Å². The van der Waals surface area contributed by atoms with Crippen molar-refractivity contribution in [2.75, 3.05) is 6.61 Å². The second-order valence-corrected chi connectivity index (χ2v) is 9.28. The summed E-state index contributed by atoms with van der Waals surface area (Å²) in [6, 6.07) is 8.27. The van der Waals surface area contributed by atoms with Crippen LogP contribution in [0.2, 0.25) is 0 Å². The number of ether oxygens (including phenoxy) is 1. The van der Waals surface area contributed by atoms with Crippen LogP contribution >= 0.6 is 0 Å². The zero-order valence-electron chi connectivity index (χ0n) is 15.4. The lowest BCUT2D eigenvalue weighted by Gasteiger charge is -2.64. The quantitative estimate of drug-likeness (QED) is 0.858. The van der Waals surface area contributed by atoms with Gasteiger partial charge in [-0.3, -0.25) is 0 Å². The standard InChI is InChI=1S/C20H28BNO3/c1-19(2)13-9-16(19)20(3)17(10-13)24-21(25-20)18(22)8-12-11-23-15-7-5-4-6-14(12)15/h4-7,12-13,16-18H,8-11,22H2,1-3H3/t12?,13-,16-,17+,18?,20-/m0/s1. The Kier molecular flexibility index (Phi) is 3.39. The van der Waals surface area contributed by atoms with Crippen LogP contribution in [0.1, 0.15) is 51.5 Å². The zero-order valence-corrected chi connectivity index (χ0v) is 15.4. The van der Waals surface area contributed by atoms with Gasteiger partial charge in [-0.2, -0.15) is 0 Å². The molecule has 0 aromatic heterocycles. The topological polar surface area (TPSA) is 53.7 Å². The summed E-state index contributed by atoms with van der Waals surface area (Å²) in [7, 11) is -0.294. The molecule has 1 saturated heterocycles. The van der Waals surface area contributed by atoms with Crippen LogP contribution in [0.4, 0.5) is 0 Å². The summed E-state index contributed by atoms with van der Waals surface area (Å²) in [5, 5.41) is 0. The first-order chi connectivity index (χ1) is 11.9. The molecule has 3 aliphatic carbocycles. The Morgan fingerprint density at radius 3 is 2.84 bits per heavy atom. The van der Waals surface area contributed by atoms with Crippen LogP contribution in [-0.4, -0.2) is 31.4 Å². The molecule has 5 heteroatoms. The van der Waals surface area contributed by atoms with Crippen molar-refractivity contribution in [3.05, 3.63) is 29.8 Å². The summed E-state index contributed by atoms with van der Waals surface area (Å²) in [6.07, 6.45) is 3.42. The minimum Gasteiger partial charge on any atom is -0.493 e. The summed E-state index contributed by atoms with van der Waals surface area (Å²) >= 11 is 0. The van der Waals surface area contributed by atoms with Crippen LogP contribution < -0.4 is 10.5 Å². The summed E-state index contributed by atoms with van der Waals surface area (Å²) in [6.45, 7) is 7.73. The Morgan fingerprint density at radius 2 is 2.04 bits per heavy atom. The molecule has 6 atom stereocenters. The number of benzene rings is 1. The minimum absolute atomic E-state index is 0.123. The van der Waals surface area contributed by atoms with Crippen molar-refractivity contribution in [1.82, 2.24) is 0 Å². The third kappa shape index (κ3) is 2.19. The molecule has 0 radical (unpaired) electrons. The van der Waals surface area contributed by atoms with E-state index in [1.54, 1.807) is 0 Å². The van der Waals surface area contributed by atoms with E-state index in [-0.39, 0.29) is 24.8 Å². The van der Waals surface area contributed by atoms with Crippen LogP contribution in [0.5, 0.6) is 5.75 Å². The Morgan fingerprint density at radius 1 is 1.24 bits per heavy atom. The van der Waals surface area contributed by atoms with Crippen LogP contribution in [0.25, 0.3) is 0 Å². The number of para-hydroxylation sites is 1. The summed E-state index contributed by atoms with van der Waals surface area (Å²) in [5.41, 5.74) is 8.01. The van der Waals surface area contributed by atoms with Gasteiger partial charge in [-0.25, -0.2) is 0 Å². The molecule has 2 bridgehead atoms. The van der Waals surface area contributed by atoms with Crippen molar-refractivity contribution in [2.45, 2.75) is 63.6 Å². The molecule has 2 N–H and O–H groups in total. The Hall–Kier alpha value is -1.04. The molecule has 25 heavy (non-hydrogen) atoms. The molecule has 3 saturated carbocycles. The van der Waals surface area contributed by atoms with E-state index in [0.717, 1.165) is 24.5 Å². The second kappa shape index (κ2) is 5.24. The lowest BCUT2D eigenvalue weighted by atomic mass is 9.43. The van der Waals surface area contributed by atoms with Gasteiger partial charge in [0.25, 0.3) is 0 Å². The number of fused-ring (bicyclic) bond motifs is 1. The number of hydrogen-bond acceptors (Lipinski definition) is 4. The lowest BCUT2D eigenvalue weighted by molar-refractivity contribution is -0.199. The first-order valence-corrected chi connectivity index (χ1v) is 9.70. The summed E-state index contributed by atoms with van der Waals surface area (Å²) in [4.78, 5) is 0. The Bertz CT molecular complexity index is 695. The van der Waals surface area contributed by atoms with Crippen LogP contribution in [0.15, 0.2) is 24.3 Å². The summed E-state index contributed by atoms with van der Waals surface area (Å²) in [5.74, 6) is 2.55. The average Bonchev–Trinajstić information content (AvgIpc) is 3.15. The molecule has 4 nitrogen and oxygen atoms in total. The van der Waals surface area contributed by atoms with E-state index >= 15 is 0 Å². The largest absolute Gasteiger partial charge is 0.493 e. The molecule has 2 heterocycles. The lowest BCUT2D eigenvalue weighted by Crippen LogP contribution is -2.65. The molecule has 134 valence electrons. The average molecular weight is 341 g/mol. The van der Waals surface area contributed by atoms with Crippen molar-refractivity contribution >= 4 is 7.12 Å². The van der Waals surface area contributed by atoms with Crippen molar-refractivity contribution in [1.29, 1.82) is 0 Å². The van der Waals surface area contributed by atoms with E-state index in [1.165, 1.54) is 12.0 Å². The first kappa shape index (κ1) is 16.2. The molecule has 1 aromatic carbocycles. The molecular formula is C20H28BNO3. The van der Waals surface area contributed by atoms with Crippen molar-refractivity contribution in [3.8, 4) is 5.75 Å². The third-order valence-electron chi connectivity index (χ3n) is 7.67. The van der Waals surface area contributed by atoms with Crippen LogP contribution in [-0.2, 0) is 9.31 Å². The Labute approximate surface area is 150 Å². The highest BCUT2D eigenvalue weighted by Gasteiger charge is 2.68. The van der Waals surface area contributed by atoms with Gasteiger partial charge in [-0.1, -0.05) is 32.0 Å². The maximum absolute atomic E-state index is 6.55. The van der Waals surface area contributed by atoms with E-state index < -0.39 is 0 Å². The van der Waals surface area contributed by atoms with Gasteiger partial charge < -0.3 is 19.8 Å². The number of rotatable bonds is 3. The van der Waals surface area contributed by atoms with Gasteiger partial charge in [0.1, 0.15) is 5.75 Å².